The zero-order valence-corrected chi connectivity index (χ0v) is 27.1. The van der Waals surface area contributed by atoms with Crippen LogP contribution in [0.15, 0.2) is 176 Å². The topological polar surface area (TPSA) is 22.8 Å². The molecule has 3 nitrogen and oxygen atoms in total. The third-order valence-corrected chi connectivity index (χ3v) is 10.5. The number of hydrogen-bond acceptors (Lipinski definition) is 1. The molecule has 11 aromatic rings. The molecule has 0 saturated carbocycles. The molecule has 0 unspecified atom stereocenters. The largest absolute Gasteiger partial charge is 0.309 e. The van der Waals surface area contributed by atoms with E-state index in [-0.39, 0.29) is 0 Å². The molecule has 8 aromatic carbocycles. The molecule has 3 heteroatoms. The molecule has 3 heterocycles. The second-order valence-electron chi connectivity index (χ2n) is 13.2. The molecule has 0 N–H and O–H groups in total. The van der Waals surface area contributed by atoms with Crippen LogP contribution in [-0.2, 0) is 0 Å². The van der Waals surface area contributed by atoms with Crippen molar-refractivity contribution in [1.82, 2.24) is 14.1 Å². The lowest BCUT2D eigenvalue weighted by molar-refractivity contribution is 1.12. The first-order valence-corrected chi connectivity index (χ1v) is 17.1. The zero-order valence-electron chi connectivity index (χ0n) is 27.1. The molecule has 0 radical (unpaired) electrons. The summed E-state index contributed by atoms with van der Waals surface area (Å²) in [4.78, 5) is 5.35. The zero-order chi connectivity index (χ0) is 32.8. The SMILES string of the molecule is c1ccc2c(-c3ccc(-n4c5ccccc5c5cc6c(cc54)c4ccccc4n6-c4nc5ccccc5c5ccccc45)cc3)cccc2c1. The molecule has 0 bridgehead atoms. The molecule has 0 saturated heterocycles. The Balaban J connectivity index is 1.19. The van der Waals surface area contributed by atoms with Crippen molar-refractivity contribution in [3.8, 4) is 22.6 Å². The smallest absolute Gasteiger partial charge is 0.146 e. The van der Waals surface area contributed by atoms with E-state index in [1.54, 1.807) is 0 Å². The summed E-state index contributed by atoms with van der Waals surface area (Å²) >= 11 is 0. The van der Waals surface area contributed by atoms with Crippen molar-refractivity contribution >= 4 is 76.1 Å². The first-order chi connectivity index (χ1) is 24.8. The molecule has 3 aromatic heterocycles. The number of hydrogen-bond donors (Lipinski definition) is 0. The van der Waals surface area contributed by atoms with E-state index >= 15 is 0 Å². The maximum atomic E-state index is 5.35. The summed E-state index contributed by atoms with van der Waals surface area (Å²) in [6.45, 7) is 0. The van der Waals surface area contributed by atoms with Crippen molar-refractivity contribution in [3.05, 3.63) is 176 Å². The lowest BCUT2D eigenvalue weighted by atomic mass is 9.98. The average molecular weight is 636 g/mol. The van der Waals surface area contributed by atoms with Crippen molar-refractivity contribution in [2.75, 3.05) is 0 Å². The van der Waals surface area contributed by atoms with E-state index in [0.29, 0.717) is 0 Å². The summed E-state index contributed by atoms with van der Waals surface area (Å²) in [5.41, 5.74) is 9.29. The number of fused-ring (bicyclic) bond motifs is 10. The highest BCUT2D eigenvalue weighted by molar-refractivity contribution is 6.20. The van der Waals surface area contributed by atoms with E-state index in [9.17, 15) is 0 Å². The Bertz CT molecular complexity index is 3140. The van der Waals surface area contributed by atoms with Gasteiger partial charge >= 0.3 is 0 Å². The first-order valence-electron chi connectivity index (χ1n) is 17.1. The normalized spacial score (nSPS) is 12.0. The quantitative estimate of drug-likeness (QED) is 0.177. The van der Waals surface area contributed by atoms with Crippen LogP contribution >= 0.6 is 0 Å². The number of pyridine rings is 1. The number of rotatable bonds is 3. The molecule has 0 aliphatic rings. The van der Waals surface area contributed by atoms with Gasteiger partial charge < -0.3 is 4.57 Å². The molecule has 232 valence electrons. The van der Waals surface area contributed by atoms with Gasteiger partial charge in [-0.15, -0.1) is 0 Å². The van der Waals surface area contributed by atoms with Crippen molar-refractivity contribution < 1.29 is 0 Å². The third kappa shape index (κ3) is 3.83. The molecule has 50 heavy (non-hydrogen) atoms. The Labute approximate surface area is 287 Å². The van der Waals surface area contributed by atoms with E-state index in [2.05, 4.69) is 185 Å². The Hall–Kier alpha value is -6.71. The van der Waals surface area contributed by atoms with Gasteiger partial charge in [-0.1, -0.05) is 133 Å². The maximum absolute atomic E-state index is 5.35. The van der Waals surface area contributed by atoms with E-state index in [0.717, 1.165) is 33.4 Å². The van der Waals surface area contributed by atoms with Crippen LogP contribution in [0.2, 0.25) is 0 Å². The summed E-state index contributed by atoms with van der Waals surface area (Å²) in [5.74, 6) is 0.956. The fourth-order valence-electron chi connectivity index (χ4n) is 8.26. The van der Waals surface area contributed by atoms with Crippen LogP contribution in [0, 0.1) is 0 Å². The number of aromatic nitrogens is 3. The second kappa shape index (κ2) is 10.4. The van der Waals surface area contributed by atoms with Gasteiger partial charge in [-0.2, -0.15) is 0 Å². The van der Waals surface area contributed by atoms with Crippen LogP contribution < -0.4 is 0 Å². The highest BCUT2D eigenvalue weighted by atomic mass is 15.1. The molecule has 0 spiro atoms. The fourth-order valence-corrected chi connectivity index (χ4v) is 8.26. The Morgan fingerprint density at radius 2 is 0.880 bits per heavy atom. The molecular formula is C47H29N3. The Kier molecular flexibility index (Phi) is 5.67. The standard InChI is InChI=1S/C47H29N3/c1-2-14-33-30(12-1)13-11-20-34(33)31-24-26-32(27-25-31)49-43-22-9-6-17-37(43)40-29-46-41(28-45(40)49)38-18-7-10-23-44(38)50(46)47-39-19-4-3-15-35(39)36-16-5-8-21-42(36)48-47/h1-29H. The van der Waals surface area contributed by atoms with Gasteiger partial charge in [0.15, 0.2) is 0 Å². The van der Waals surface area contributed by atoms with Crippen molar-refractivity contribution in [2.45, 2.75) is 0 Å². The van der Waals surface area contributed by atoms with E-state index in [1.165, 1.54) is 65.3 Å². The van der Waals surface area contributed by atoms with Gasteiger partial charge in [-0.05, 0) is 69.8 Å². The molecule has 0 amide bonds. The number of para-hydroxylation sites is 3. The van der Waals surface area contributed by atoms with E-state index in [4.69, 9.17) is 4.98 Å². The van der Waals surface area contributed by atoms with Gasteiger partial charge in [0, 0.05) is 38.0 Å². The van der Waals surface area contributed by atoms with Crippen LogP contribution in [0.3, 0.4) is 0 Å². The maximum Gasteiger partial charge on any atom is 0.146 e. The molecule has 11 rings (SSSR count). The third-order valence-electron chi connectivity index (χ3n) is 10.5. The molecule has 0 aliphatic heterocycles. The van der Waals surface area contributed by atoms with Crippen molar-refractivity contribution in [1.29, 1.82) is 0 Å². The lowest BCUT2D eigenvalue weighted by Gasteiger charge is -2.13. The van der Waals surface area contributed by atoms with Crippen LogP contribution in [0.1, 0.15) is 0 Å². The second-order valence-corrected chi connectivity index (χ2v) is 13.2. The first kappa shape index (κ1) is 27.3. The number of nitrogens with zero attached hydrogens (tertiary/aromatic N) is 3. The van der Waals surface area contributed by atoms with Crippen LogP contribution in [0.4, 0.5) is 0 Å². The van der Waals surface area contributed by atoms with Crippen LogP contribution in [-0.4, -0.2) is 14.1 Å². The Morgan fingerprint density at radius 3 is 1.62 bits per heavy atom. The number of benzene rings is 8. The molecule has 0 atom stereocenters. The van der Waals surface area contributed by atoms with Gasteiger partial charge in [-0.3, -0.25) is 4.57 Å². The van der Waals surface area contributed by atoms with Crippen molar-refractivity contribution in [3.63, 3.8) is 0 Å². The van der Waals surface area contributed by atoms with Gasteiger partial charge in [0.2, 0.25) is 0 Å². The fraction of sp³-hybridized carbons (Fsp3) is 0. The highest BCUT2D eigenvalue weighted by Gasteiger charge is 2.20. The molecular weight excluding hydrogens is 607 g/mol. The van der Waals surface area contributed by atoms with Gasteiger partial charge in [-0.25, -0.2) is 4.98 Å². The summed E-state index contributed by atoms with van der Waals surface area (Å²) in [7, 11) is 0. The summed E-state index contributed by atoms with van der Waals surface area (Å²) in [6, 6.07) is 63.7. The minimum absolute atomic E-state index is 0.956. The van der Waals surface area contributed by atoms with Crippen LogP contribution in [0.5, 0.6) is 0 Å². The minimum Gasteiger partial charge on any atom is -0.309 e. The van der Waals surface area contributed by atoms with Gasteiger partial charge in [0.05, 0.1) is 27.6 Å². The van der Waals surface area contributed by atoms with Gasteiger partial charge in [0.1, 0.15) is 5.82 Å². The molecule has 0 aliphatic carbocycles. The monoisotopic (exact) mass is 635 g/mol. The predicted molar refractivity (Wildman–Crippen MR) is 211 cm³/mol. The Morgan fingerprint density at radius 1 is 0.340 bits per heavy atom. The average Bonchev–Trinajstić information content (AvgIpc) is 3.68. The molecule has 0 fully saturated rings. The van der Waals surface area contributed by atoms with E-state index < -0.39 is 0 Å². The predicted octanol–water partition coefficient (Wildman–Crippen LogP) is 12.4. The van der Waals surface area contributed by atoms with Crippen molar-refractivity contribution in [2.24, 2.45) is 0 Å². The van der Waals surface area contributed by atoms with E-state index in [1.807, 2.05) is 0 Å². The summed E-state index contributed by atoms with van der Waals surface area (Å²) < 4.78 is 4.80. The van der Waals surface area contributed by atoms with Crippen LogP contribution in [0.25, 0.3) is 98.7 Å². The summed E-state index contributed by atoms with van der Waals surface area (Å²) in [6.07, 6.45) is 0. The lowest BCUT2D eigenvalue weighted by Crippen LogP contribution is -2.00. The summed E-state index contributed by atoms with van der Waals surface area (Å²) in [5, 5.41) is 10.9. The minimum atomic E-state index is 0.956. The highest BCUT2D eigenvalue weighted by Crippen LogP contribution is 2.41. The van der Waals surface area contributed by atoms with Gasteiger partial charge in [0.25, 0.3) is 0 Å².